The van der Waals surface area contributed by atoms with Crippen molar-refractivity contribution in [3.05, 3.63) is 29.1 Å². The number of carboxylic acids is 1. The smallest absolute Gasteiger partial charge is 0.338 e. The van der Waals surface area contributed by atoms with E-state index in [1.54, 1.807) is 0 Å². The number of rotatable bonds is 6. The van der Waals surface area contributed by atoms with Gasteiger partial charge in [-0.25, -0.2) is 30.7 Å². The molecular weight excluding hydrogens is 325 g/mol. The highest BCUT2D eigenvalue weighted by Crippen LogP contribution is 2.19. The first-order chi connectivity index (χ1) is 9.44. The second-order valence-electron chi connectivity index (χ2n) is 4.43. The molecule has 0 aliphatic heterocycles. The van der Waals surface area contributed by atoms with Gasteiger partial charge in [0.2, 0.25) is 10.0 Å². The van der Waals surface area contributed by atoms with E-state index >= 15 is 0 Å². The van der Waals surface area contributed by atoms with Gasteiger partial charge < -0.3 is 5.11 Å². The van der Waals surface area contributed by atoms with Gasteiger partial charge in [0.1, 0.15) is 15.7 Å². The van der Waals surface area contributed by atoms with Crippen LogP contribution in [0.3, 0.4) is 0 Å². The van der Waals surface area contributed by atoms with Crippen molar-refractivity contribution in [2.75, 3.05) is 18.6 Å². The zero-order chi connectivity index (χ0) is 16.4. The Morgan fingerprint density at radius 2 is 1.86 bits per heavy atom. The Labute approximate surface area is 121 Å². The standard InChI is InChI=1S/C11H14FNO6S2/c1-7-5-8(6-9(10(7)12)11(14)15)21(18,19)13-3-4-20(2,16)17/h5-6,13H,3-4H2,1-2H3,(H,14,15). The summed E-state index contributed by atoms with van der Waals surface area (Å²) < 4.78 is 61.3. The monoisotopic (exact) mass is 339 g/mol. The molecule has 0 unspecified atom stereocenters. The van der Waals surface area contributed by atoms with E-state index in [2.05, 4.69) is 0 Å². The minimum absolute atomic E-state index is 0.140. The number of hydrogen-bond donors (Lipinski definition) is 2. The lowest BCUT2D eigenvalue weighted by Crippen LogP contribution is -2.29. The van der Waals surface area contributed by atoms with Crippen molar-refractivity contribution >= 4 is 25.8 Å². The van der Waals surface area contributed by atoms with Crippen LogP contribution in [0.4, 0.5) is 4.39 Å². The highest BCUT2D eigenvalue weighted by Gasteiger charge is 2.21. The minimum Gasteiger partial charge on any atom is -0.478 e. The van der Waals surface area contributed by atoms with Crippen LogP contribution in [0.5, 0.6) is 0 Å². The largest absolute Gasteiger partial charge is 0.478 e. The highest BCUT2D eigenvalue weighted by atomic mass is 32.2. The summed E-state index contributed by atoms with van der Waals surface area (Å²) in [5, 5.41) is 8.83. The SMILES string of the molecule is Cc1cc(S(=O)(=O)NCCS(C)(=O)=O)cc(C(=O)O)c1F. The number of benzene rings is 1. The van der Waals surface area contributed by atoms with Crippen molar-refractivity contribution in [3.63, 3.8) is 0 Å². The fourth-order valence-corrected chi connectivity index (χ4v) is 3.24. The Morgan fingerprint density at radius 3 is 2.33 bits per heavy atom. The molecule has 0 saturated carbocycles. The topological polar surface area (TPSA) is 118 Å². The predicted octanol–water partition coefficient (Wildman–Crippen LogP) is 0.155. The maximum absolute atomic E-state index is 13.6. The number of carboxylic acid groups (broad SMARTS) is 1. The van der Waals surface area contributed by atoms with Crippen LogP contribution in [0.15, 0.2) is 17.0 Å². The molecule has 0 atom stereocenters. The van der Waals surface area contributed by atoms with Gasteiger partial charge in [0.15, 0.2) is 0 Å². The molecule has 0 bridgehead atoms. The maximum atomic E-state index is 13.6. The Bertz CT molecular complexity index is 770. The summed E-state index contributed by atoms with van der Waals surface area (Å²) >= 11 is 0. The van der Waals surface area contributed by atoms with Crippen molar-refractivity contribution in [2.24, 2.45) is 0 Å². The van der Waals surface area contributed by atoms with E-state index < -0.39 is 47.9 Å². The van der Waals surface area contributed by atoms with Crippen LogP contribution in [-0.4, -0.2) is 46.5 Å². The van der Waals surface area contributed by atoms with Crippen LogP contribution in [-0.2, 0) is 19.9 Å². The lowest BCUT2D eigenvalue weighted by atomic mass is 10.1. The fraction of sp³-hybridized carbons (Fsp3) is 0.364. The van der Waals surface area contributed by atoms with Crippen LogP contribution in [0.25, 0.3) is 0 Å². The van der Waals surface area contributed by atoms with Crippen LogP contribution in [0, 0.1) is 12.7 Å². The average molecular weight is 339 g/mol. The third-order valence-corrected chi connectivity index (χ3v) is 4.92. The number of halogens is 1. The summed E-state index contributed by atoms with van der Waals surface area (Å²) in [5.41, 5.74) is -0.906. The number of nitrogens with one attached hydrogen (secondary N) is 1. The van der Waals surface area contributed by atoms with E-state index in [0.717, 1.165) is 12.3 Å². The molecule has 0 spiro atoms. The summed E-state index contributed by atoms with van der Waals surface area (Å²) in [6, 6.07) is 1.66. The van der Waals surface area contributed by atoms with Crippen molar-refractivity contribution in [1.82, 2.24) is 4.72 Å². The number of aromatic carboxylic acids is 1. The van der Waals surface area contributed by atoms with Crippen LogP contribution in [0.1, 0.15) is 15.9 Å². The first kappa shape index (κ1) is 17.5. The van der Waals surface area contributed by atoms with Gasteiger partial charge in [0, 0.05) is 12.8 Å². The molecule has 0 heterocycles. The first-order valence-corrected chi connectivity index (χ1v) is 9.19. The highest BCUT2D eigenvalue weighted by molar-refractivity contribution is 7.91. The molecule has 21 heavy (non-hydrogen) atoms. The van der Waals surface area contributed by atoms with Gasteiger partial charge >= 0.3 is 5.97 Å². The summed E-state index contributed by atoms with van der Waals surface area (Å²) in [4.78, 5) is 10.4. The number of sulfone groups is 1. The predicted molar refractivity (Wildman–Crippen MR) is 73.0 cm³/mol. The molecule has 118 valence electrons. The summed E-state index contributed by atoms with van der Waals surface area (Å²) in [6.45, 7) is 0.872. The normalized spacial score (nSPS) is 12.3. The Morgan fingerprint density at radius 1 is 1.29 bits per heavy atom. The third-order valence-electron chi connectivity index (χ3n) is 2.53. The molecule has 0 fully saturated rings. The van der Waals surface area contributed by atoms with Crippen LogP contribution >= 0.6 is 0 Å². The zero-order valence-electron chi connectivity index (χ0n) is 11.3. The quantitative estimate of drug-likeness (QED) is 0.762. The molecule has 0 saturated heterocycles. The van der Waals surface area contributed by atoms with Gasteiger partial charge in [-0.1, -0.05) is 0 Å². The number of carbonyl (C=O) groups is 1. The molecule has 2 N–H and O–H groups in total. The van der Waals surface area contributed by atoms with Gasteiger partial charge in [-0.3, -0.25) is 0 Å². The molecule has 10 heteroatoms. The Kier molecular flexibility index (Phi) is 5.07. The lowest BCUT2D eigenvalue weighted by molar-refractivity contribution is 0.0691. The number of sulfonamides is 1. The summed E-state index contributed by atoms with van der Waals surface area (Å²) in [6.07, 6.45) is 0.950. The molecule has 0 radical (unpaired) electrons. The van der Waals surface area contributed by atoms with E-state index in [9.17, 15) is 26.0 Å². The first-order valence-electron chi connectivity index (χ1n) is 5.65. The van der Waals surface area contributed by atoms with Gasteiger partial charge in [-0.15, -0.1) is 0 Å². The van der Waals surface area contributed by atoms with Crippen molar-refractivity contribution in [2.45, 2.75) is 11.8 Å². The molecule has 1 aromatic rings. The van der Waals surface area contributed by atoms with E-state index in [0.29, 0.717) is 6.07 Å². The minimum atomic E-state index is -4.12. The summed E-state index contributed by atoms with van der Waals surface area (Å²) in [5.74, 6) is -3.01. The van der Waals surface area contributed by atoms with Crippen LogP contribution in [0.2, 0.25) is 0 Å². The second kappa shape index (κ2) is 6.08. The van der Waals surface area contributed by atoms with Gasteiger partial charge in [-0.2, -0.15) is 0 Å². The Balaban J connectivity index is 3.12. The van der Waals surface area contributed by atoms with Crippen LogP contribution < -0.4 is 4.72 Å². The van der Waals surface area contributed by atoms with Gasteiger partial charge in [0.25, 0.3) is 0 Å². The molecular formula is C11H14FNO6S2. The molecule has 0 aliphatic carbocycles. The fourth-order valence-electron chi connectivity index (χ4n) is 1.49. The number of hydrogen-bond acceptors (Lipinski definition) is 5. The molecule has 0 amide bonds. The lowest BCUT2D eigenvalue weighted by Gasteiger charge is -2.09. The van der Waals surface area contributed by atoms with Crippen molar-refractivity contribution in [3.8, 4) is 0 Å². The van der Waals surface area contributed by atoms with Gasteiger partial charge in [-0.05, 0) is 24.6 Å². The van der Waals surface area contributed by atoms with Gasteiger partial charge in [0.05, 0.1) is 16.2 Å². The Hall–Kier alpha value is -1.52. The molecule has 1 aromatic carbocycles. The van der Waals surface area contributed by atoms with E-state index in [1.165, 1.54) is 6.92 Å². The van der Waals surface area contributed by atoms with E-state index in [4.69, 9.17) is 5.11 Å². The van der Waals surface area contributed by atoms with E-state index in [-0.39, 0.29) is 12.1 Å². The molecule has 7 nitrogen and oxygen atoms in total. The second-order valence-corrected chi connectivity index (χ2v) is 8.46. The van der Waals surface area contributed by atoms with Crippen molar-refractivity contribution in [1.29, 1.82) is 0 Å². The summed E-state index contributed by atoms with van der Waals surface area (Å²) in [7, 11) is -7.47. The molecule has 1 rings (SSSR count). The third kappa shape index (κ3) is 4.76. The molecule has 0 aliphatic rings. The van der Waals surface area contributed by atoms with E-state index in [1.807, 2.05) is 4.72 Å². The maximum Gasteiger partial charge on any atom is 0.338 e. The number of aryl methyl sites for hydroxylation is 1. The average Bonchev–Trinajstić information content (AvgIpc) is 2.29. The molecule has 0 aromatic heterocycles. The van der Waals surface area contributed by atoms with Crippen molar-refractivity contribution < 1.29 is 31.1 Å². The zero-order valence-corrected chi connectivity index (χ0v) is 12.9.